The molecule has 2 aromatic heterocycles. The molecular weight excluding hydrogens is 309 g/mol. The van der Waals surface area contributed by atoms with Gasteiger partial charge in [-0.15, -0.1) is 0 Å². The Balaban J connectivity index is 2.27. The molecule has 9 heteroatoms. The van der Waals surface area contributed by atoms with E-state index in [2.05, 4.69) is 9.97 Å². The molecule has 0 aliphatic heterocycles. The molecule has 1 N–H and O–H groups in total. The third kappa shape index (κ3) is 3.28. The van der Waals surface area contributed by atoms with Crippen molar-refractivity contribution in [3.05, 3.63) is 53.3 Å². The van der Waals surface area contributed by atoms with E-state index >= 15 is 0 Å². The van der Waals surface area contributed by atoms with Crippen LogP contribution in [0.15, 0.2) is 41.8 Å². The zero-order valence-electron chi connectivity index (χ0n) is 9.75. The largest absolute Gasteiger partial charge is 0.268 e. The Kier molecular flexibility index (Phi) is 3.96. The molecule has 0 aromatic carbocycles. The van der Waals surface area contributed by atoms with Crippen molar-refractivity contribution >= 4 is 27.5 Å². The minimum absolute atomic E-state index is 0.104. The van der Waals surface area contributed by atoms with Gasteiger partial charge in [-0.25, -0.2) is 17.5 Å². The van der Waals surface area contributed by atoms with Gasteiger partial charge in [-0.3, -0.25) is 14.8 Å². The summed E-state index contributed by atoms with van der Waals surface area (Å²) in [5, 5.41) is 0.104. The molecule has 0 saturated carbocycles. The molecule has 0 aliphatic rings. The number of hydrogen-bond acceptors (Lipinski definition) is 5. The van der Waals surface area contributed by atoms with Crippen molar-refractivity contribution in [3.8, 4) is 0 Å². The lowest BCUT2D eigenvalue weighted by atomic mass is 10.3. The highest BCUT2D eigenvalue weighted by Gasteiger charge is 2.19. The van der Waals surface area contributed by atoms with Gasteiger partial charge in [-0.05, 0) is 12.1 Å². The summed E-state index contributed by atoms with van der Waals surface area (Å²) in [6.45, 7) is 0. The molecule has 0 saturated heterocycles. The number of hydrogen-bond donors (Lipinski definition) is 1. The third-order valence-electron chi connectivity index (χ3n) is 2.18. The number of nitrogens with one attached hydrogen (secondary N) is 1. The molecule has 0 radical (unpaired) electrons. The van der Waals surface area contributed by atoms with E-state index in [1.807, 2.05) is 0 Å². The number of halogens is 2. The fourth-order valence-electron chi connectivity index (χ4n) is 1.32. The highest BCUT2D eigenvalue weighted by molar-refractivity contribution is 7.90. The molecule has 20 heavy (non-hydrogen) atoms. The van der Waals surface area contributed by atoms with Crippen LogP contribution in [0.3, 0.4) is 0 Å². The normalized spacial score (nSPS) is 11.1. The Morgan fingerprint density at radius 3 is 2.50 bits per heavy atom. The fourth-order valence-corrected chi connectivity index (χ4v) is 2.52. The lowest BCUT2D eigenvalue weighted by Gasteiger charge is -2.06. The van der Waals surface area contributed by atoms with Gasteiger partial charge in [-0.1, -0.05) is 11.6 Å². The molecule has 2 aromatic rings. The molecule has 0 atom stereocenters. The molecule has 2 heterocycles. The monoisotopic (exact) mass is 315 g/mol. The van der Waals surface area contributed by atoms with E-state index < -0.39 is 21.7 Å². The zero-order chi connectivity index (χ0) is 14.8. The summed E-state index contributed by atoms with van der Waals surface area (Å²) in [6.07, 6.45) is 4.22. The zero-order valence-corrected chi connectivity index (χ0v) is 11.3. The van der Waals surface area contributed by atoms with E-state index in [1.54, 1.807) is 4.72 Å². The maximum Gasteiger partial charge on any atom is 0.266 e. The Morgan fingerprint density at radius 1 is 1.15 bits per heavy atom. The summed E-state index contributed by atoms with van der Waals surface area (Å²) in [7, 11) is -4.14. The maximum atomic E-state index is 12.9. The van der Waals surface area contributed by atoms with Gasteiger partial charge >= 0.3 is 0 Å². The number of pyridine rings is 2. The van der Waals surface area contributed by atoms with Crippen molar-refractivity contribution in [2.75, 3.05) is 0 Å². The van der Waals surface area contributed by atoms with E-state index in [0.29, 0.717) is 0 Å². The molecule has 1 amide bonds. The molecule has 104 valence electrons. The van der Waals surface area contributed by atoms with Crippen LogP contribution in [0.25, 0.3) is 0 Å². The number of amides is 1. The summed E-state index contributed by atoms with van der Waals surface area (Å²) in [5.74, 6) is -1.75. The van der Waals surface area contributed by atoms with Gasteiger partial charge in [0.15, 0.2) is 0 Å². The van der Waals surface area contributed by atoms with E-state index in [1.165, 1.54) is 6.20 Å². The van der Waals surface area contributed by atoms with Crippen molar-refractivity contribution in [1.82, 2.24) is 14.7 Å². The number of sulfonamides is 1. The Labute approximate surface area is 118 Å². The van der Waals surface area contributed by atoms with Crippen LogP contribution in [0.4, 0.5) is 4.39 Å². The maximum absolute atomic E-state index is 12.9. The lowest BCUT2D eigenvalue weighted by Crippen LogP contribution is -2.30. The summed E-state index contributed by atoms with van der Waals surface area (Å²) >= 11 is 5.63. The van der Waals surface area contributed by atoms with E-state index in [0.717, 1.165) is 30.7 Å². The number of rotatable bonds is 3. The predicted molar refractivity (Wildman–Crippen MR) is 68.1 cm³/mol. The predicted octanol–water partition coefficient (Wildman–Crippen LogP) is 1.39. The fraction of sp³-hybridized carbons (Fsp3) is 0. The molecule has 0 unspecified atom stereocenters. The standard InChI is InChI=1S/C11H7ClFN3O3S/c12-8-2-10(6-15-4-8)20(18,19)16-11(17)7-1-9(13)5-14-3-7/h1-6H,(H,16,17). The van der Waals surface area contributed by atoms with Gasteiger partial charge in [0.05, 0.1) is 16.8 Å². The minimum Gasteiger partial charge on any atom is -0.268 e. The molecule has 0 spiro atoms. The van der Waals surface area contributed by atoms with Crippen LogP contribution >= 0.6 is 11.6 Å². The quantitative estimate of drug-likeness (QED) is 0.924. The average molecular weight is 316 g/mol. The van der Waals surface area contributed by atoms with Gasteiger partial charge in [0.25, 0.3) is 15.9 Å². The van der Waals surface area contributed by atoms with Crippen LogP contribution in [0.1, 0.15) is 10.4 Å². The summed E-state index contributed by atoms with van der Waals surface area (Å²) < 4.78 is 38.5. The SMILES string of the molecule is O=C(NS(=O)(=O)c1cncc(Cl)c1)c1cncc(F)c1. The topological polar surface area (TPSA) is 89.0 Å². The second kappa shape index (κ2) is 5.51. The second-order valence-corrected chi connectivity index (χ2v) is 5.78. The molecular formula is C11H7ClFN3O3S. The van der Waals surface area contributed by atoms with Gasteiger partial charge in [0.1, 0.15) is 10.7 Å². The van der Waals surface area contributed by atoms with E-state index in [4.69, 9.17) is 11.6 Å². The molecule has 0 aliphatic carbocycles. The number of carbonyl (C=O) groups excluding carboxylic acids is 1. The highest BCUT2D eigenvalue weighted by atomic mass is 35.5. The first-order valence-corrected chi connectivity index (χ1v) is 7.03. The Morgan fingerprint density at radius 2 is 1.85 bits per heavy atom. The van der Waals surface area contributed by atoms with E-state index in [9.17, 15) is 17.6 Å². The van der Waals surface area contributed by atoms with Gasteiger partial charge in [0, 0.05) is 18.6 Å². The van der Waals surface area contributed by atoms with Gasteiger partial charge in [0.2, 0.25) is 0 Å². The molecule has 0 bridgehead atoms. The van der Waals surface area contributed by atoms with Crippen LogP contribution in [-0.2, 0) is 10.0 Å². The highest BCUT2D eigenvalue weighted by Crippen LogP contribution is 2.13. The van der Waals surface area contributed by atoms with Crippen molar-refractivity contribution in [1.29, 1.82) is 0 Å². The Bertz CT molecular complexity index is 767. The summed E-state index contributed by atoms with van der Waals surface area (Å²) in [6, 6.07) is 2.00. The number of carbonyl (C=O) groups is 1. The molecule has 0 fully saturated rings. The van der Waals surface area contributed by atoms with Crippen LogP contribution in [0, 0.1) is 5.82 Å². The van der Waals surface area contributed by atoms with E-state index in [-0.39, 0.29) is 15.5 Å². The van der Waals surface area contributed by atoms with Gasteiger partial charge in [-0.2, -0.15) is 0 Å². The first-order valence-electron chi connectivity index (χ1n) is 5.17. The first-order chi connectivity index (χ1) is 9.38. The van der Waals surface area contributed by atoms with Crippen molar-refractivity contribution in [3.63, 3.8) is 0 Å². The summed E-state index contributed by atoms with van der Waals surface area (Å²) in [5.41, 5.74) is -0.219. The lowest BCUT2D eigenvalue weighted by molar-refractivity contribution is 0.0980. The van der Waals surface area contributed by atoms with Crippen molar-refractivity contribution in [2.24, 2.45) is 0 Å². The number of nitrogens with zero attached hydrogens (tertiary/aromatic N) is 2. The third-order valence-corrected chi connectivity index (χ3v) is 3.69. The molecule has 6 nitrogen and oxygen atoms in total. The number of aromatic nitrogens is 2. The van der Waals surface area contributed by atoms with Crippen LogP contribution < -0.4 is 4.72 Å². The minimum atomic E-state index is -4.14. The summed E-state index contributed by atoms with van der Waals surface area (Å²) in [4.78, 5) is 18.5. The molecule has 2 rings (SSSR count). The Hall–Kier alpha value is -2.06. The van der Waals surface area contributed by atoms with Crippen molar-refractivity contribution < 1.29 is 17.6 Å². The van der Waals surface area contributed by atoms with Crippen LogP contribution in [-0.4, -0.2) is 24.3 Å². The smallest absolute Gasteiger partial charge is 0.266 e. The average Bonchev–Trinajstić information content (AvgIpc) is 2.38. The van der Waals surface area contributed by atoms with Gasteiger partial charge < -0.3 is 0 Å². The van der Waals surface area contributed by atoms with Crippen LogP contribution in [0.5, 0.6) is 0 Å². The first kappa shape index (κ1) is 14.4. The van der Waals surface area contributed by atoms with Crippen molar-refractivity contribution in [2.45, 2.75) is 4.90 Å². The van der Waals surface area contributed by atoms with Crippen LogP contribution in [0.2, 0.25) is 5.02 Å². The second-order valence-electron chi connectivity index (χ2n) is 3.67.